The summed E-state index contributed by atoms with van der Waals surface area (Å²) in [6, 6.07) is 13.7. The fourth-order valence-electron chi connectivity index (χ4n) is 2.86. The maximum atomic E-state index is 12.3. The van der Waals surface area contributed by atoms with E-state index in [4.69, 9.17) is 11.6 Å². The third kappa shape index (κ3) is 2.51. The average molecular weight is 341 g/mol. The van der Waals surface area contributed by atoms with E-state index in [1.54, 1.807) is 28.8 Å². The van der Waals surface area contributed by atoms with E-state index in [9.17, 15) is 9.59 Å². The SMILES string of the molecule is O=C(C[C@H]1C(=O)Nc2nc3ccccc3n21)Nc1ccc(Cl)cc1. The van der Waals surface area contributed by atoms with Crippen LogP contribution >= 0.6 is 11.6 Å². The Kier molecular flexibility index (Phi) is 3.46. The number of anilines is 2. The van der Waals surface area contributed by atoms with Crippen LogP contribution in [-0.2, 0) is 9.59 Å². The number of amides is 2. The van der Waals surface area contributed by atoms with Crippen LogP contribution in [0.4, 0.5) is 11.6 Å². The molecule has 0 fully saturated rings. The van der Waals surface area contributed by atoms with E-state index in [0.29, 0.717) is 16.7 Å². The minimum atomic E-state index is -0.611. The first kappa shape index (κ1) is 14.7. The molecule has 1 aliphatic heterocycles. The highest BCUT2D eigenvalue weighted by Crippen LogP contribution is 2.32. The van der Waals surface area contributed by atoms with E-state index in [-0.39, 0.29) is 18.2 Å². The number of nitrogens with one attached hydrogen (secondary N) is 2. The van der Waals surface area contributed by atoms with Crippen molar-refractivity contribution in [1.82, 2.24) is 9.55 Å². The van der Waals surface area contributed by atoms with Crippen LogP contribution in [-0.4, -0.2) is 21.4 Å². The number of rotatable bonds is 3. The van der Waals surface area contributed by atoms with Gasteiger partial charge in [-0.2, -0.15) is 0 Å². The van der Waals surface area contributed by atoms with Crippen LogP contribution in [0.5, 0.6) is 0 Å². The van der Waals surface area contributed by atoms with Gasteiger partial charge >= 0.3 is 0 Å². The van der Waals surface area contributed by atoms with Crippen LogP contribution in [0.25, 0.3) is 11.0 Å². The molecule has 2 amide bonds. The molecular formula is C17H13ClN4O2. The molecule has 0 spiro atoms. The third-order valence-electron chi connectivity index (χ3n) is 3.95. The topological polar surface area (TPSA) is 76.0 Å². The normalized spacial score (nSPS) is 16.0. The quantitative estimate of drug-likeness (QED) is 0.768. The van der Waals surface area contributed by atoms with Crippen molar-refractivity contribution >= 4 is 46.1 Å². The lowest BCUT2D eigenvalue weighted by Gasteiger charge is -2.12. The molecule has 3 aromatic rings. The first-order valence-electron chi connectivity index (χ1n) is 7.45. The molecule has 0 aliphatic carbocycles. The second-order valence-corrected chi connectivity index (χ2v) is 5.99. The summed E-state index contributed by atoms with van der Waals surface area (Å²) in [5, 5.41) is 6.10. The molecule has 2 aromatic carbocycles. The summed E-state index contributed by atoms with van der Waals surface area (Å²) in [4.78, 5) is 28.9. The van der Waals surface area contributed by atoms with Gasteiger partial charge in [-0.05, 0) is 36.4 Å². The van der Waals surface area contributed by atoms with Gasteiger partial charge in [0.05, 0.1) is 17.5 Å². The number of imidazole rings is 1. The van der Waals surface area contributed by atoms with Gasteiger partial charge < -0.3 is 5.32 Å². The molecule has 1 atom stereocenters. The van der Waals surface area contributed by atoms with Crippen molar-refractivity contribution in [3.05, 3.63) is 53.6 Å². The van der Waals surface area contributed by atoms with Crippen molar-refractivity contribution < 1.29 is 9.59 Å². The average Bonchev–Trinajstić information content (AvgIpc) is 3.06. The third-order valence-corrected chi connectivity index (χ3v) is 4.20. The molecule has 24 heavy (non-hydrogen) atoms. The number of halogens is 1. The number of nitrogens with zero attached hydrogens (tertiary/aromatic N) is 2. The highest BCUT2D eigenvalue weighted by atomic mass is 35.5. The molecule has 7 heteroatoms. The Morgan fingerprint density at radius 2 is 1.96 bits per heavy atom. The number of fused-ring (bicyclic) bond motifs is 3. The van der Waals surface area contributed by atoms with Crippen LogP contribution < -0.4 is 10.6 Å². The number of para-hydroxylation sites is 2. The Hall–Kier alpha value is -2.86. The zero-order chi connectivity index (χ0) is 16.7. The molecule has 120 valence electrons. The fourth-order valence-corrected chi connectivity index (χ4v) is 2.99. The van der Waals surface area contributed by atoms with E-state index in [0.717, 1.165) is 11.0 Å². The van der Waals surface area contributed by atoms with Crippen molar-refractivity contribution in [2.45, 2.75) is 12.5 Å². The molecule has 1 aliphatic rings. The molecule has 0 radical (unpaired) electrons. The molecule has 4 rings (SSSR count). The van der Waals surface area contributed by atoms with E-state index in [1.807, 2.05) is 24.3 Å². The molecule has 0 saturated carbocycles. The van der Waals surface area contributed by atoms with E-state index in [2.05, 4.69) is 15.6 Å². The van der Waals surface area contributed by atoms with Crippen molar-refractivity contribution in [3.8, 4) is 0 Å². The highest BCUT2D eigenvalue weighted by Gasteiger charge is 2.34. The molecular weight excluding hydrogens is 328 g/mol. The van der Waals surface area contributed by atoms with Gasteiger partial charge in [-0.1, -0.05) is 23.7 Å². The fraction of sp³-hybridized carbons (Fsp3) is 0.118. The van der Waals surface area contributed by atoms with Gasteiger partial charge in [-0.15, -0.1) is 0 Å². The monoisotopic (exact) mass is 340 g/mol. The Morgan fingerprint density at radius 3 is 2.75 bits per heavy atom. The van der Waals surface area contributed by atoms with Gasteiger partial charge in [0.15, 0.2) is 0 Å². The van der Waals surface area contributed by atoms with Gasteiger partial charge in [0.25, 0.3) is 0 Å². The number of carbonyl (C=O) groups is 2. The standard InChI is InChI=1S/C17H13ClN4O2/c18-10-5-7-11(8-6-10)19-15(23)9-14-16(24)21-17-20-12-3-1-2-4-13(12)22(14)17/h1-8,14H,9H2,(H,19,23)(H,20,21,24)/t14-/m0/s1. The highest BCUT2D eigenvalue weighted by molar-refractivity contribution is 6.30. The van der Waals surface area contributed by atoms with E-state index < -0.39 is 6.04 Å². The van der Waals surface area contributed by atoms with Crippen LogP contribution in [0.1, 0.15) is 12.5 Å². The van der Waals surface area contributed by atoms with Crippen LogP contribution in [0.3, 0.4) is 0 Å². The zero-order valence-corrected chi connectivity index (χ0v) is 13.2. The molecule has 2 N–H and O–H groups in total. The Balaban J connectivity index is 1.58. The lowest BCUT2D eigenvalue weighted by molar-refractivity contribution is -0.123. The van der Waals surface area contributed by atoms with Crippen LogP contribution in [0, 0.1) is 0 Å². The molecule has 1 aromatic heterocycles. The molecule has 6 nitrogen and oxygen atoms in total. The van der Waals surface area contributed by atoms with Crippen molar-refractivity contribution in [2.24, 2.45) is 0 Å². The maximum Gasteiger partial charge on any atom is 0.250 e. The maximum absolute atomic E-state index is 12.3. The van der Waals surface area contributed by atoms with Gasteiger partial charge in [-0.3, -0.25) is 19.5 Å². The summed E-state index contributed by atoms with van der Waals surface area (Å²) in [7, 11) is 0. The second kappa shape index (κ2) is 5.65. The minimum absolute atomic E-state index is 0.0296. The lowest BCUT2D eigenvalue weighted by Crippen LogP contribution is -2.23. The Bertz CT molecular complexity index is 949. The molecule has 2 heterocycles. The summed E-state index contributed by atoms with van der Waals surface area (Å²) in [5.41, 5.74) is 2.25. The van der Waals surface area contributed by atoms with Gasteiger partial charge in [-0.25, -0.2) is 4.98 Å². The van der Waals surface area contributed by atoms with Crippen molar-refractivity contribution in [1.29, 1.82) is 0 Å². The Labute approximate surface area is 142 Å². The van der Waals surface area contributed by atoms with Crippen molar-refractivity contribution in [3.63, 3.8) is 0 Å². The number of aromatic nitrogens is 2. The first-order chi connectivity index (χ1) is 11.6. The molecule has 0 unspecified atom stereocenters. The smallest absolute Gasteiger partial charge is 0.250 e. The van der Waals surface area contributed by atoms with Crippen LogP contribution in [0.15, 0.2) is 48.5 Å². The molecule has 0 saturated heterocycles. The number of hydrogen-bond donors (Lipinski definition) is 2. The Morgan fingerprint density at radius 1 is 1.21 bits per heavy atom. The summed E-state index contributed by atoms with van der Waals surface area (Å²) in [6.07, 6.45) is 0.0296. The first-order valence-corrected chi connectivity index (χ1v) is 7.83. The largest absolute Gasteiger partial charge is 0.326 e. The second-order valence-electron chi connectivity index (χ2n) is 5.56. The van der Waals surface area contributed by atoms with E-state index >= 15 is 0 Å². The van der Waals surface area contributed by atoms with E-state index in [1.165, 1.54) is 0 Å². The summed E-state index contributed by atoms with van der Waals surface area (Å²) < 4.78 is 1.78. The number of hydrogen-bond acceptors (Lipinski definition) is 3. The van der Waals surface area contributed by atoms with Crippen LogP contribution in [0.2, 0.25) is 5.02 Å². The van der Waals surface area contributed by atoms with Gasteiger partial charge in [0.2, 0.25) is 17.8 Å². The number of benzene rings is 2. The van der Waals surface area contributed by atoms with Gasteiger partial charge in [0, 0.05) is 10.7 Å². The summed E-state index contributed by atoms with van der Waals surface area (Å²) in [5.74, 6) is 0.00288. The molecule has 0 bridgehead atoms. The minimum Gasteiger partial charge on any atom is -0.326 e. The summed E-state index contributed by atoms with van der Waals surface area (Å²) >= 11 is 5.83. The predicted molar refractivity (Wildman–Crippen MR) is 92.1 cm³/mol. The predicted octanol–water partition coefficient (Wildman–Crippen LogP) is 3.21. The summed E-state index contributed by atoms with van der Waals surface area (Å²) in [6.45, 7) is 0. The van der Waals surface area contributed by atoms with Crippen molar-refractivity contribution in [2.75, 3.05) is 10.6 Å². The lowest BCUT2D eigenvalue weighted by atomic mass is 10.1. The zero-order valence-electron chi connectivity index (χ0n) is 12.5. The van der Waals surface area contributed by atoms with Gasteiger partial charge in [0.1, 0.15) is 6.04 Å². The number of carbonyl (C=O) groups excluding carboxylic acids is 2.